The fourth-order valence-electron chi connectivity index (χ4n) is 1.86. The molecule has 0 unspecified atom stereocenters. The Morgan fingerprint density at radius 3 is 2.80 bits per heavy atom. The topological polar surface area (TPSA) is 67.2 Å². The molecule has 0 saturated carbocycles. The highest BCUT2D eigenvalue weighted by Gasteiger charge is 2.03. The molecule has 20 heavy (non-hydrogen) atoms. The highest BCUT2D eigenvalue weighted by Crippen LogP contribution is 2.07. The highest BCUT2D eigenvalue weighted by molar-refractivity contribution is 5.75. The lowest BCUT2D eigenvalue weighted by Crippen LogP contribution is -2.22. The molecule has 5 heteroatoms. The molecule has 0 atom stereocenters. The summed E-state index contributed by atoms with van der Waals surface area (Å²) in [6.07, 6.45) is 5.49. The van der Waals surface area contributed by atoms with E-state index in [1.807, 2.05) is 36.5 Å². The van der Waals surface area contributed by atoms with Gasteiger partial charge >= 0.3 is 0 Å². The van der Waals surface area contributed by atoms with Crippen LogP contribution in [-0.4, -0.2) is 27.4 Å². The Morgan fingerprint density at radius 2 is 2.05 bits per heavy atom. The number of rotatable bonds is 7. The zero-order valence-corrected chi connectivity index (χ0v) is 11.3. The van der Waals surface area contributed by atoms with Crippen molar-refractivity contribution in [3.05, 3.63) is 48.3 Å². The van der Waals surface area contributed by atoms with Crippen molar-refractivity contribution in [2.75, 3.05) is 6.61 Å². The van der Waals surface area contributed by atoms with Crippen LogP contribution in [-0.2, 0) is 11.3 Å². The van der Waals surface area contributed by atoms with Crippen molar-refractivity contribution < 1.29 is 9.90 Å². The normalized spacial score (nSPS) is 10.4. The Bertz CT molecular complexity index is 537. The first-order chi connectivity index (χ1) is 9.79. The molecule has 0 bridgehead atoms. The second-order valence-corrected chi connectivity index (χ2v) is 4.59. The molecule has 0 aliphatic rings. The molecule has 0 aliphatic heterocycles. The van der Waals surface area contributed by atoms with Gasteiger partial charge in [-0.25, -0.2) is 4.68 Å². The van der Waals surface area contributed by atoms with Gasteiger partial charge in [-0.15, -0.1) is 0 Å². The number of aromatic nitrogens is 2. The average Bonchev–Trinajstić information content (AvgIpc) is 2.95. The molecule has 0 spiro atoms. The fourth-order valence-corrected chi connectivity index (χ4v) is 1.86. The number of carbonyl (C=O) groups is 1. The summed E-state index contributed by atoms with van der Waals surface area (Å²) in [5.41, 5.74) is 1.96. The maximum atomic E-state index is 11.5. The molecule has 0 radical (unpaired) electrons. The second kappa shape index (κ2) is 7.45. The molecule has 5 nitrogen and oxygen atoms in total. The molecule has 106 valence electrons. The summed E-state index contributed by atoms with van der Waals surface area (Å²) in [5.74, 6) is 0.00547. The first-order valence-electron chi connectivity index (χ1n) is 6.76. The van der Waals surface area contributed by atoms with Crippen LogP contribution in [0, 0.1) is 0 Å². The summed E-state index contributed by atoms with van der Waals surface area (Å²) in [4.78, 5) is 11.5. The molecule has 1 heterocycles. The predicted molar refractivity (Wildman–Crippen MR) is 76.3 cm³/mol. The van der Waals surface area contributed by atoms with Crippen LogP contribution in [0.15, 0.2) is 42.7 Å². The van der Waals surface area contributed by atoms with Gasteiger partial charge in [-0.1, -0.05) is 18.2 Å². The first kappa shape index (κ1) is 14.3. The van der Waals surface area contributed by atoms with Crippen molar-refractivity contribution in [2.24, 2.45) is 0 Å². The van der Waals surface area contributed by atoms with E-state index in [0.29, 0.717) is 25.8 Å². The van der Waals surface area contributed by atoms with Crippen LogP contribution in [0.1, 0.15) is 24.8 Å². The summed E-state index contributed by atoms with van der Waals surface area (Å²) in [5, 5.41) is 15.8. The number of amides is 1. The van der Waals surface area contributed by atoms with Crippen molar-refractivity contribution >= 4 is 5.91 Å². The number of carbonyl (C=O) groups excluding carboxylic acids is 1. The molecule has 2 N–H and O–H groups in total. The number of benzene rings is 1. The van der Waals surface area contributed by atoms with Gasteiger partial charge in [0.25, 0.3) is 0 Å². The Hall–Kier alpha value is -2.14. The number of nitrogens with zero attached hydrogens (tertiary/aromatic N) is 2. The van der Waals surface area contributed by atoms with Crippen molar-refractivity contribution in [3.63, 3.8) is 0 Å². The Labute approximate surface area is 118 Å². The van der Waals surface area contributed by atoms with Crippen LogP contribution in [0.25, 0.3) is 5.69 Å². The highest BCUT2D eigenvalue weighted by atomic mass is 16.3. The third kappa shape index (κ3) is 4.20. The lowest BCUT2D eigenvalue weighted by Gasteiger charge is -2.03. The summed E-state index contributed by atoms with van der Waals surface area (Å²) >= 11 is 0. The first-order valence-corrected chi connectivity index (χ1v) is 6.76. The van der Waals surface area contributed by atoms with Crippen LogP contribution in [0.2, 0.25) is 0 Å². The molecule has 0 fully saturated rings. The lowest BCUT2D eigenvalue weighted by atomic mass is 10.2. The van der Waals surface area contributed by atoms with Gasteiger partial charge in [-0.3, -0.25) is 4.79 Å². The predicted octanol–water partition coefficient (Wildman–Crippen LogP) is 1.65. The van der Waals surface area contributed by atoms with Gasteiger partial charge in [0.1, 0.15) is 0 Å². The fraction of sp³-hybridized carbons (Fsp3) is 0.333. The van der Waals surface area contributed by atoms with E-state index in [2.05, 4.69) is 10.4 Å². The largest absolute Gasteiger partial charge is 0.396 e. The molecule has 1 aromatic heterocycles. The zero-order chi connectivity index (χ0) is 14.2. The number of hydrogen-bond acceptors (Lipinski definition) is 3. The second-order valence-electron chi connectivity index (χ2n) is 4.59. The van der Waals surface area contributed by atoms with Crippen LogP contribution < -0.4 is 5.32 Å². The number of aliphatic hydroxyl groups is 1. The number of unbranched alkanes of at least 4 members (excludes halogenated alkanes) is 1. The Balaban J connectivity index is 1.83. The van der Waals surface area contributed by atoms with Crippen LogP contribution in [0.3, 0.4) is 0 Å². The van der Waals surface area contributed by atoms with Crippen molar-refractivity contribution in [3.8, 4) is 5.69 Å². The van der Waals surface area contributed by atoms with Gasteiger partial charge in [0.2, 0.25) is 5.91 Å². The van der Waals surface area contributed by atoms with Crippen molar-refractivity contribution in [1.82, 2.24) is 15.1 Å². The molecular formula is C15H19N3O2. The maximum Gasteiger partial charge on any atom is 0.220 e. The summed E-state index contributed by atoms with van der Waals surface area (Å²) < 4.78 is 1.78. The lowest BCUT2D eigenvalue weighted by molar-refractivity contribution is -0.121. The minimum Gasteiger partial charge on any atom is -0.396 e. The Morgan fingerprint density at radius 1 is 1.25 bits per heavy atom. The maximum absolute atomic E-state index is 11.5. The third-order valence-corrected chi connectivity index (χ3v) is 2.96. The molecule has 1 aromatic carbocycles. The smallest absolute Gasteiger partial charge is 0.220 e. The molecular weight excluding hydrogens is 254 g/mol. The average molecular weight is 273 g/mol. The zero-order valence-electron chi connectivity index (χ0n) is 11.3. The quantitative estimate of drug-likeness (QED) is 0.754. The van der Waals surface area contributed by atoms with E-state index in [0.717, 1.165) is 11.3 Å². The van der Waals surface area contributed by atoms with E-state index >= 15 is 0 Å². The van der Waals surface area contributed by atoms with Crippen LogP contribution in [0.5, 0.6) is 0 Å². The van der Waals surface area contributed by atoms with Gasteiger partial charge < -0.3 is 10.4 Å². The van der Waals surface area contributed by atoms with Gasteiger partial charge in [-0.2, -0.15) is 5.10 Å². The van der Waals surface area contributed by atoms with Gasteiger partial charge in [-0.05, 0) is 25.0 Å². The minimum absolute atomic E-state index is 0.00547. The summed E-state index contributed by atoms with van der Waals surface area (Å²) in [7, 11) is 0. The minimum atomic E-state index is 0.00547. The van der Waals surface area contributed by atoms with E-state index in [1.165, 1.54) is 0 Å². The number of para-hydroxylation sites is 1. The van der Waals surface area contributed by atoms with Gasteiger partial charge in [0.05, 0.1) is 11.9 Å². The molecule has 2 rings (SSSR count). The monoisotopic (exact) mass is 273 g/mol. The van der Waals surface area contributed by atoms with E-state index < -0.39 is 0 Å². The van der Waals surface area contributed by atoms with Crippen molar-refractivity contribution in [1.29, 1.82) is 0 Å². The summed E-state index contributed by atoms with van der Waals surface area (Å²) in [6.45, 7) is 0.613. The summed E-state index contributed by atoms with van der Waals surface area (Å²) in [6, 6.07) is 9.83. The van der Waals surface area contributed by atoms with Crippen LogP contribution >= 0.6 is 0 Å². The van der Waals surface area contributed by atoms with Crippen molar-refractivity contribution in [2.45, 2.75) is 25.8 Å². The molecule has 0 saturated heterocycles. The number of hydrogen-bond donors (Lipinski definition) is 2. The number of aliphatic hydroxyl groups excluding tert-OH is 1. The van der Waals surface area contributed by atoms with E-state index in [1.54, 1.807) is 10.9 Å². The van der Waals surface area contributed by atoms with E-state index in [4.69, 9.17) is 5.11 Å². The molecule has 2 aromatic rings. The molecule has 0 aliphatic carbocycles. The van der Waals surface area contributed by atoms with E-state index in [9.17, 15) is 4.79 Å². The number of nitrogens with one attached hydrogen (secondary N) is 1. The standard InChI is InChI=1S/C15H19N3O2/c19-9-5-4-8-15(20)16-10-13-11-17-18(12-13)14-6-2-1-3-7-14/h1-3,6-7,11-12,19H,4-5,8-10H2,(H,16,20). The van der Waals surface area contributed by atoms with Gasteiger partial charge in [0.15, 0.2) is 0 Å². The molecule has 1 amide bonds. The Kier molecular flexibility index (Phi) is 5.32. The SMILES string of the molecule is O=C(CCCCO)NCc1cnn(-c2ccccc2)c1. The van der Waals surface area contributed by atoms with Gasteiger partial charge in [0, 0.05) is 31.3 Å². The third-order valence-electron chi connectivity index (χ3n) is 2.96. The van der Waals surface area contributed by atoms with Crippen LogP contribution in [0.4, 0.5) is 0 Å². The van der Waals surface area contributed by atoms with E-state index in [-0.39, 0.29) is 12.5 Å².